The van der Waals surface area contributed by atoms with Gasteiger partial charge in [0.25, 0.3) is 0 Å². The molecule has 2 aromatic rings. The van der Waals surface area contributed by atoms with Gasteiger partial charge in [-0.1, -0.05) is 34.6 Å². The molecule has 0 fully saturated rings. The number of nitrogens with zero attached hydrogens (tertiary/aromatic N) is 2. The van der Waals surface area contributed by atoms with Gasteiger partial charge in [-0.2, -0.15) is 5.26 Å². The topological polar surface area (TPSA) is 54.6 Å². The maximum absolute atomic E-state index is 9.79. The molecule has 0 saturated heterocycles. The van der Waals surface area contributed by atoms with Crippen molar-refractivity contribution < 1.29 is 9.47 Å². The first-order valence-electron chi connectivity index (χ1n) is 11.2. The molecule has 1 aliphatic carbocycles. The zero-order valence-corrected chi connectivity index (χ0v) is 20.4. The molecule has 0 bridgehead atoms. The number of nitriles is 1. The van der Waals surface area contributed by atoms with Gasteiger partial charge in [-0.15, -0.1) is 11.3 Å². The van der Waals surface area contributed by atoms with Gasteiger partial charge < -0.3 is 9.47 Å². The molecule has 0 radical (unpaired) electrons. The summed E-state index contributed by atoms with van der Waals surface area (Å²) in [6.45, 7) is 14.4. The Labute approximate surface area is 190 Å². The van der Waals surface area contributed by atoms with Gasteiger partial charge >= 0.3 is 0 Å². The fraction of sp³-hybridized carbons (Fsp3) is 0.538. The summed E-state index contributed by atoms with van der Waals surface area (Å²) in [7, 11) is 0. The Morgan fingerprint density at radius 2 is 2.03 bits per heavy atom. The number of thiophene rings is 1. The quantitative estimate of drug-likeness (QED) is 0.439. The molecule has 1 aliphatic rings. The van der Waals surface area contributed by atoms with Gasteiger partial charge in [-0.05, 0) is 72.8 Å². The second-order valence-electron chi connectivity index (χ2n) is 9.70. The van der Waals surface area contributed by atoms with E-state index in [0.717, 1.165) is 46.9 Å². The van der Waals surface area contributed by atoms with Crippen molar-refractivity contribution in [3.05, 3.63) is 39.8 Å². The van der Waals surface area contributed by atoms with Gasteiger partial charge in [-0.25, -0.2) is 4.99 Å². The van der Waals surface area contributed by atoms with Crippen LogP contribution >= 0.6 is 11.3 Å². The van der Waals surface area contributed by atoms with Crippen molar-refractivity contribution in [1.29, 1.82) is 5.26 Å². The number of aliphatic imine (C=N–C) groups is 1. The molecule has 31 heavy (non-hydrogen) atoms. The summed E-state index contributed by atoms with van der Waals surface area (Å²) in [6, 6.07) is 8.29. The van der Waals surface area contributed by atoms with E-state index in [4.69, 9.17) is 14.5 Å². The lowest BCUT2D eigenvalue weighted by Gasteiger charge is -2.33. The van der Waals surface area contributed by atoms with Crippen LogP contribution in [0.1, 0.15) is 69.5 Å². The molecule has 1 aromatic heterocycles. The first kappa shape index (κ1) is 23.3. The number of rotatable bonds is 7. The third-order valence-electron chi connectivity index (χ3n) is 5.75. The van der Waals surface area contributed by atoms with Gasteiger partial charge in [0.05, 0.1) is 18.8 Å². The predicted octanol–water partition coefficient (Wildman–Crippen LogP) is 6.95. The van der Waals surface area contributed by atoms with Gasteiger partial charge in [-0.3, -0.25) is 0 Å². The molecular formula is C26H34N2O2S. The van der Waals surface area contributed by atoms with E-state index in [-0.39, 0.29) is 5.41 Å². The maximum atomic E-state index is 9.79. The molecule has 3 rings (SSSR count). The first-order valence-corrected chi connectivity index (χ1v) is 12.0. The van der Waals surface area contributed by atoms with Crippen LogP contribution in [0.5, 0.6) is 11.5 Å². The van der Waals surface area contributed by atoms with Crippen molar-refractivity contribution >= 4 is 22.6 Å². The fourth-order valence-electron chi connectivity index (χ4n) is 3.90. The SMILES string of the molecule is CCOc1cc(C=Nc2sc3c(c2C#N)CC[C@@H](C(C)(C)C)C3)ccc1OCC(C)C. The molecule has 0 spiro atoms. The summed E-state index contributed by atoms with van der Waals surface area (Å²) in [5.41, 5.74) is 3.19. The van der Waals surface area contributed by atoms with Crippen LogP contribution < -0.4 is 9.47 Å². The van der Waals surface area contributed by atoms with Crippen LogP contribution in [0.3, 0.4) is 0 Å². The average molecular weight is 439 g/mol. The fourth-order valence-corrected chi connectivity index (χ4v) is 5.12. The highest BCUT2D eigenvalue weighted by Gasteiger charge is 2.32. The summed E-state index contributed by atoms with van der Waals surface area (Å²) in [5, 5.41) is 10.6. The lowest BCUT2D eigenvalue weighted by atomic mass is 9.72. The summed E-state index contributed by atoms with van der Waals surface area (Å²) in [5.74, 6) is 2.58. The molecule has 0 unspecified atom stereocenters. The Bertz CT molecular complexity index is 977. The third-order valence-corrected chi connectivity index (χ3v) is 6.92. The number of benzene rings is 1. The second kappa shape index (κ2) is 9.87. The van der Waals surface area contributed by atoms with Crippen LogP contribution in [0.15, 0.2) is 23.2 Å². The van der Waals surface area contributed by atoms with Crippen LogP contribution in [-0.2, 0) is 12.8 Å². The highest BCUT2D eigenvalue weighted by atomic mass is 32.1. The van der Waals surface area contributed by atoms with Crippen LogP contribution in [0, 0.1) is 28.6 Å². The molecule has 4 nitrogen and oxygen atoms in total. The Kier molecular flexibility index (Phi) is 7.43. The smallest absolute Gasteiger partial charge is 0.161 e. The zero-order chi connectivity index (χ0) is 22.6. The lowest BCUT2D eigenvalue weighted by Crippen LogP contribution is -2.26. The highest BCUT2D eigenvalue weighted by Crippen LogP contribution is 2.45. The van der Waals surface area contributed by atoms with Crippen molar-refractivity contribution in [2.24, 2.45) is 22.2 Å². The van der Waals surface area contributed by atoms with Crippen molar-refractivity contribution in [3.8, 4) is 17.6 Å². The summed E-state index contributed by atoms with van der Waals surface area (Å²) < 4.78 is 11.7. The van der Waals surface area contributed by atoms with Crippen molar-refractivity contribution in [3.63, 3.8) is 0 Å². The van der Waals surface area contributed by atoms with E-state index in [0.29, 0.717) is 25.0 Å². The van der Waals surface area contributed by atoms with Gasteiger partial charge in [0.2, 0.25) is 0 Å². The van der Waals surface area contributed by atoms with E-state index < -0.39 is 0 Å². The largest absolute Gasteiger partial charge is 0.490 e. The molecule has 0 saturated carbocycles. The van der Waals surface area contributed by atoms with Gasteiger partial charge in [0.1, 0.15) is 11.1 Å². The minimum Gasteiger partial charge on any atom is -0.490 e. The standard InChI is InChI=1S/C26H34N2O2S/c1-7-29-23-12-18(8-11-22(23)30-16-17(2)3)15-28-25-21(14-27)20-10-9-19(26(4,5)6)13-24(20)31-25/h8,11-12,15,17,19H,7,9-10,13,16H2,1-6H3/t19-/m1/s1. The summed E-state index contributed by atoms with van der Waals surface area (Å²) in [6.07, 6.45) is 4.99. The van der Waals surface area contributed by atoms with Crippen molar-refractivity contribution in [2.45, 2.75) is 60.8 Å². The number of hydrogen-bond donors (Lipinski definition) is 0. The van der Waals surface area contributed by atoms with Crippen molar-refractivity contribution in [1.82, 2.24) is 0 Å². The Balaban J connectivity index is 1.84. The van der Waals surface area contributed by atoms with Crippen LogP contribution in [0.2, 0.25) is 0 Å². The Hall–Kier alpha value is -2.32. The van der Waals surface area contributed by atoms with E-state index in [9.17, 15) is 5.26 Å². The number of ether oxygens (including phenoxy) is 2. The molecule has 1 heterocycles. The molecule has 0 N–H and O–H groups in total. The highest BCUT2D eigenvalue weighted by molar-refractivity contribution is 7.16. The minimum absolute atomic E-state index is 0.285. The monoisotopic (exact) mass is 438 g/mol. The number of hydrogen-bond acceptors (Lipinski definition) is 5. The zero-order valence-electron chi connectivity index (χ0n) is 19.6. The van der Waals surface area contributed by atoms with E-state index in [1.807, 2.05) is 31.3 Å². The first-order chi connectivity index (χ1) is 14.7. The van der Waals surface area contributed by atoms with E-state index in [2.05, 4.69) is 40.7 Å². The van der Waals surface area contributed by atoms with Gasteiger partial charge in [0.15, 0.2) is 11.5 Å². The third kappa shape index (κ3) is 5.68. The predicted molar refractivity (Wildman–Crippen MR) is 129 cm³/mol. The van der Waals surface area contributed by atoms with E-state index >= 15 is 0 Å². The van der Waals surface area contributed by atoms with E-state index in [1.165, 1.54) is 10.4 Å². The molecular weight excluding hydrogens is 404 g/mol. The molecule has 1 atom stereocenters. The summed E-state index contributed by atoms with van der Waals surface area (Å²) in [4.78, 5) is 6.05. The minimum atomic E-state index is 0.285. The molecule has 0 amide bonds. The Morgan fingerprint density at radius 1 is 1.26 bits per heavy atom. The van der Waals surface area contributed by atoms with Crippen LogP contribution in [0.4, 0.5) is 5.00 Å². The molecule has 1 aromatic carbocycles. The second-order valence-corrected chi connectivity index (χ2v) is 10.8. The lowest BCUT2D eigenvalue weighted by molar-refractivity contribution is 0.218. The van der Waals surface area contributed by atoms with E-state index in [1.54, 1.807) is 11.3 Å². The Morgan fingerprint density at radius 3 is 2.68 bits per heavy atom. The van der Waals surface area contributed by atoms with Gasteiger partial charge in [0, 0.05) is 11.1 Å². The van der Waals surface area contributed by atoms with Crippen molar-refractivity contribution in [2.75, 3.05) is 13.2 Å². The average Bonchev–Trinajstić information content (AvgIpc) is 3.07. The normalized spacial score (nSPS) is 16.4. The van der Waals surface area contributed by atoms with Crippen LogP contribution in [-0.4, -0.2) is 19.4 Å². The summed E-state index contributed by atoms with van der Waals surface area (Å²) >= 11 is 1.68. The number of fused-ring (bicyclic) bond motifs is 1. The molecule has 5 heteroatoms. The maximum Gasteiger partial charge on any atom is 0.161 e. The van der Waals surface area contributed by atoms with Crippen LogP contribution in [0.25, 0.3) is 0 Å². The molecule has 0 aliphatic heterocycles. The molecule has 166 valence electrons.